The number of hydrogen-bond acceptors (Lipinski definition) is 4. The average Bonchev–Trinajstić information content (AvgIpc) is 2.73. The van der Waals surface area contributed by atoms with Gasteiger partial charge in [0, 0.05) is 19.2 Å². The molecule has 2 aliphatic rings. The number of fused-ring (bicyclic) bond motifs is 1. The Balaban J connectivity index is 2.00. The first-order chi connectivity index (χ1) is 7.86. The molecule has 1 unspecified atom stereocenters. The number of allylic oxidation sites excluding steroid dienone is 1. The Morgan fingerprint density at radius 2 is 2.06 bits per heavy atom. The van der Waals surface area contributed by atoms with Gasteiger partial charge >= 0.3 is 0 Å². The van der Waals surface area contributed by atoms with Gasteiger partial charge in [0.2, 0.25) is 0 Å². The lowest BCUT2D eigenvalue weighted by atomic mass is 10.1. The van der Waals surface area contributed by atoms with E-state index in [4.69, 9.17) is 0 Å². The molecule has 1 atom stereocenters. The molecular weight excluding hydrogens is 218 g/mol. The molecule has 1 aromatic rings. The molecule has 0 aliphatic carbocycles. The minimum atomic E-state index is 0.220. The highest BCUT2D eigenvalue weighted by molar-refractivity contribution is 7.77. The Morgan fingerprint density at radius 3 is 2.88 bits per heavy atom. The van der Waals surface area contributed by atoms with E-state index in [1.807, 2.05) is 22.8 Å². The smallest absolute Gasteiger partial charge is 0.137 e. The molecule has 1 fully saturated rings. The molecule has 16 heavy (non-hydrogen) atoms. The van der Waals surface area contributed by atoms with Crippen molar-refractivity contribution in [3.63, 3.8) is 0 Å². The third-order valence-electron chi connectivity index (χ3n) is 2.93. The summed E-state index contributed by atoms with van der Waals surface area (Å²) in [7, 11) is 0. The molecule has 0 aromatic heterocycles. The minimum Gasteiger partial charge on any atom is -0.271 e. The summed E-state index contributed by atoms with van der Waals surface area (Å²) in [5.74, 6) is 0. The molecule has 1 aromatic carbocycles. The Morgan fingerprint density at radius 1 is 1.25 bits per heavy atom. The molecule has 2 heterocycles. The molecule has 82 valence electrons. The van der Waals surface area contributed by atoms with E-state index in [0.29, 0.717) is 0 Å². The van der Waals surface area contributed by atoms with Crippen molar-refractivity contribution >= 4 is 24.7 Å². The van der Waals surface area contributed by atoms with E-state index < -0.39 is 0 Å². The van der Waals surface area contributed by atoms with Gasteiger partial charge in [0.25, 0.3) is 0 Å². The van der Waals surface area contributed by atoms with Crippen molar-refractivity contribution in [2.75, 3.05) is 6.54 Å². The van der Waals surface area contributed by atoms with Crippen LogP contribution in [0, 0.1) is 0 Å². The van der Waals surface area contributed by atoms with Crippen LogP contribution < -0.4 is 0 Å². The summed E-state index contributed by atoms with van der Waals surface area (Å²) in [6.07, 6.45) is 5.19. The van der Waals surface area contributed by atoms with Crippen LogP contribution in [0.3, 0.4) is 0 Å². The summed E-state index contributed by atoms with van der Waals surface area (Å²) < 4.78 is 1.94. The molecular formula is C12H13N3S. The predicted molar refractivity (Wildman–Crippen MR) is 68.8 cm³/mol. The third-order valence-corrected chi connectivity index (χ3v) is 3.32. The quantitative estimate of drug-likeness (QED) is 0.747. The highest BCUT2D eigenvalue weighted by Crippen LogP contribution is 2.32. The van der Waals surface area contributed by atoms with Gasteiger partial charge in [-0.3, -0.25) is 10.0 Å². The van der Waals surface area contributed by atoms with E-state index in [2.05, 4.69) is 47.1 Å². The van der Waals surface area contributed by atoms with Crippen molar-refractivity contribution in [3.05, 3.63) is 42.0 Å². The van der Waals surface area contributed by atoms with Crippen LogP contribution in [-0.4, -0.2) is 28.3 Å². The topological polar surface area (TPSA) is 18.8 Å². The standard InChI is InChI=1S/C12H13N3S/c16-14-9-7-12-13-8-6-11(15(12)14)10-4-2-1-3-5-10/h1-6,8,12,16H,7,9H2. The van der Waals surface area contributed by atoms with Crippen molar-refractivity contribution in [1.82, 2.24) is 9.42 Å². The fourth-order valence-corrected chi connectivity index (χ4v) is 2.50. The zero-order valence-corrected chi connectivity index (χ0v) is 9.72. The number of hydrazine groups is 1. The number of nitrogens with zero attached hydrogens (tertiary/aromatic N) is 3. The Hall–Kier alpha value is -1.26. The van der Waals surface area contributed by atoms with Gasteiger partial charge in [0.05, 0.1) is 5.70 Å². The van der Waals surface area contributed by atoms with Crippen molar-refractivity contribution in [1.29, 1.82) is 0 Å². The third kappa shape index (κ3) is 1.54. The molecule has 0 saturated carbocycles. The molecule has 0 amide bonds. The Labute approximate surface area is 101 Å². The summed E-state index contributed by atoms with van der Waals surface area (Å²) in [5, 5.41) is 2.15. The zero-order valence-electron chi connectivity index (χ0n) is 8.82. The number of benzene rings is 1. The van der Waals surface area contributed by atoms with E-state index in [0.717, 1.165) is 13.0 Å². The lowest BCUT2D eigenvalue weighted by molar-refractivity contribution is 0.182. The summed E-state index contributed by atoms with van der Waals surface area (Å²) >= 11 is 4.47. The lowest BCUT2D eigenvalue weighted by Gasteiger charge is -2.32. The minimum absolute atomic E-state index is 0.220. The summed E-state index contributed by atoms with van der Waals surface area (Å²) in [6, 6.07) is 10.4. The highest BCUT2D eigenvalue weighted by Gasteiger charge is 2.32. The largest absolute Gasteiger partial charge is 0.271 e. The second-order valence-electron chi connectivity index (χ2n) is 3.93. The van der Waals surface area contributed by atoms with Crippen LogP contribution in [0.2, 0.25) is 0 Å². The van der Waals surface area contributed by atoms with Crippen LogP contribution in [0.4, 0.5) is 0 Å². The van der Waals surface area contributed by atoms with Gasteiger partial charge in [0.15, 0.2) is 0 Å². The van der Waals surface area contributed by atoms with Crippen molar-refractivity contribution < 1.29 is 0 Å². The molecule has 3 nitrogen and oxygen atoms in total. The normalized spacial score (nSPS) is 24.4. The molecule has 0 radical (unpaired) electrons. The molecule has 4 heteroatoms. The fraction of sp³-hybridized carbons (Fsp3) is 0.250. The maximum Gasteiger partial charge on any atom is 0.137 e. The van der Waals surface area contributed by atoms with Gasteiger partial charge < -0.3 is 0 Å². The van der Waals surface area contributed by atoms with Gasteiger partial charge in [-0.25, -0.2) is 0 Å². The monoisotopic (exact) mass is 231 g/mol. The van der Waals surface area contributed by atoms with E-state index in [9.17, 15) is 0 Å². The maximum absolute atomic E-state index is 4.47. The predicted octanol–water partition coefficient (Wildman–Crippen LogP) is 2.21. The molecule has 0 N–H and O–H groups in total. The average molecular weight is 231 g/mol. The number of hydrogen-bond donors (Lipinski definition) is 1. The number of thiol groups is 1. The van der Waals surface area contributed by atoms with Gasteiger partial charge in [-0.1, -0.05) is 43.1 Å². The van der Waals surface area contributed by atoms with Gasteiger partial charge in [-0.15, -0.1) is 0 Å². The summed E-state index contributed by atoms with van der Waals surface area (Å²) in [6.45, 7) is 0.940. The van der Waals surface area contributed by atoms with Crippen LogP contribution in [0.25, 0.3) is 5.70 Å². The van der Waals surface area contributed by atoms with Gasteiger partial charge in [-0.05, 0) is 11.6 Å². The van der Waals surface area contributed by atoms with Crippen LogP contribution >= 0.6 is 12.8 Å². The van der Waals surface area contributed by atoms with Crippen LogP contribution in [0.5, 0.6) is 0 Å². The zero-order chi connectivity index (χ0) is 11.0. The first-order valence-corrected chi connectivity index (χ1v) is 5.81. The van der Waals surface area contributed by atoms with E-state index >= 15 is 0 Å². The fourth-order valence-electron chi connectivity index (χ4n) is 2.16. The maximum atomic E-state index is 4.47. The van der Waals surface area contributed by atoms with E-state index in [-0.39, 0.29) is 6.17 Å². The molecule has 1 saturated heterocycles. The Kier molecular flexibility index (Phi) is 2.46. The second-order valence-corrected chi connectivity index (χ2v) is 4.39. The molecule has 2 aliphatic heterocycles. The Bertz CT molecular complexity index is 441. The van der Waals surface area contributed by atoms with Gasteiger partial charge in [-0.2, -0.15) is 4.41 Å². The van der Waals surface area contributed by atoms with Crippen LogP contribution in [-0.2, 0) is 0 Å². The number of aliphatic imine (C=N–C) groups is 1. The SMILES string of the molecule is SN1CCC2N=CC=C(c3ccccc3)N21. The van der Waals surface area contributed by atoms with Crippen LogP contribution in [0.1, 0.15) is 12.0 Å². The van der Waals surface area contributed by atoms with Crippen molar-refractivity contribution in [2.24, 2.45) is 4.99 Å². The second kappa shape index (κ2) is 3.96. The van der Waals surface area contributed by atoms with E-state index in [1.54, 1.807) is 0 Å². The first kappa shape index (κ1) is 9.93. The summed E-state index contributed by atoms with van der Waals surface area (Å²) in [5.41, 5.74) is 2.38. The highest BCUT2D eigenvalue weighted by atomic mass is 32.1. The summed E-state index contributed by atoms with van der Waals surface area (Å²) in [4.78, 5) is 4.45. The van der Waals surface area contributed by atoms with Crippen LogP contribution in [0.15, 0.2) is 41.4 Å². The first-order valence-electron chi connectivity index (χ1n) is 5.41. The molecule has 0 bridgehead atoms. The van der Waals surface area contributed by atoms with E-state index in [1.165, 1.54) is 11.3 Å². The van der Waals surface area contributed by atoms with Crippen molar-refractivity contribution in [3.8, 4) is 0 Å². The number of rotatable bonds is 1. The van der Waals surface area contributed by atoms with Gasteiger partial charge in [0.1, 0.15) is 6.17 Å². The molecule has 3 rings (SSSR count). The lowest BCUT2D eigenvalue weighted by Crippen LogP contribution is -2.35. The molecule has 0 spiro atoms. The van der Waals surface area contributed by atoms with Crippen molar-refractivity contribution in [2.45, 2.75) is 12.6 Å².